The maximum atomic E-state index is 13.9. The summed E-state index contributed by atoms with van der Waals surface area (Å²) in [6, 6.07) is 7.99. The van der Waals surface area contributed by atoms with E-state index in [-0.39, 0.29) is 17.7 Å². The van der Waals surface area contributed by atoms with Crippen molar-refractivity contribution in [2.45, 2.75) is 19.9 Å². The summed E-state index contributed by atoms with van der Waals surface area (Å²) in [7, 11) is 7.63. The topological polar surface area (TPSA) is 107 Å². The zero-order valence-corrected chi connectivity index (χ0v) is 23.6. The maximum Gasteiger partial charge on any atom is 0.338 e. The summed E-state index contributed by atoms with van der Waals surface area (Å²) in [5.74, 6) is 1.76. The summed E-state index contributed by atoms with van der Waals surface area (Å²) < 4.78 is 34.6. The zero-order chi connectivity index (χ0) is 28.3. The Morgan fingerprint density at radius 3 is 2.23 bits per heavy atom. The lowest BCUT2D eigenvalue weighted by molar-refractivity contribution is -0.139. The molecule has 0 bridgehead atoms. The molecule has 0 aliphatic carbocycles. The predicted molar refractivity (Wildman–Crippen MR) is 146 cm³/mol. The number of thiazole rings is 1. The Labute approximate surface area is 229 Å². The molecule has 0 amide bonds. The highest BCUT2D eigenvalue weighted by Gasteiger charge is 2.34. The van der Waals surface area contributed by atoms with Crippen molar-refractivity contribution in [3.05, 3.63) is 72.4 Å². The number of hydrogen-bond acceptors (Lipinski definition) is 10. The van der Waals surface area contributed by atoms with Crippen LogP contribution in [0, 0.1) is 0 Å². The van der Waals surface area contributed by atoms with Gasteiger partial charge in [0.15, 0.2) is 27.8 Å². The number of carbonyl (C=O) groups excluding carboxylic acids is 1. The van der Waals surface area contributed by atoms with Gasteiger partial charge in [0, 0.05) is 5.56 Å². The van der Waals surface area contributed by atoms with Crippen LogP contribution in [0.2, 0.25) is 0 Å². The van der Waals surface area contributed by atoms with Gasteiger partial charge in [-0.05, 0) is 49.8 Å². The van der Waals surface area contributed by atoms with E-state index in [2.05, 4.69) is 4.99 Å². The standard InChI is InChI=1S/C28H30N2O8S/c1-8-38-27(32)22-15(2)29-28-30(23(22)16-9-11-18(33-3)20(13-16)35-5)26(31)21(39-28)14-17-10-12-19(34-4)25(37-7)24(17)36-6/h9-14,23H,8H2,1-7H3/b21-14+/t23-/m0/s1. The van der Waals surface area contributed by atoms with Crippen LogP contribution < -0.4 is 38.6 Å². The van der Waals surface area contributed by atoms with E-state index in [9.17, 15) is 9.59 Å². The number of methoxy groups -OCH3 is 5. The third-order valence-corrected chi connectivity index (χ3v) is 7.24. The largest absolute Gasteiger partial charge is 0.493 e. The van der Waals surface area contributed by atoms with Crippen molar-refractivity contribution in [1.29, 1.82) is 0 Å². The smallest absolute Gasteiger partial charge is 0.338 e. The molecule has 1 atom stereocenters. The third-order valence-electron chi connectivity index (χ3n) is 6.26. The van der Waals surface area contributed by atoms with Crippen LogP contribution in [-0.2, 0) is 9.53 Å². The highest BCUT2D eigenvalue weighted by Crippen LogP contribution is 2.40. The molecule has 1 aliphatic rings. The monoisotopic (exact) mass is 554 g/mol. The average molecular weight is 555 g/mol. The molecular formula is C28H30N2O8S. The number of rotatable bonds is 9. The second kappa shape index (κ2) is 11.6. The van der Waals surface area contributed by atoms with Gasteiger partial charge in [0.05, 0.1) is 64.0 Å². The summed E-state index contributed by atoms with van der Waals surface area (Å²) in [6.07, 6.45) is 1.71. The quantitative estimate of drug-likeness (QED) is 0.372. The molecule has 1 aromatic heterocycles. The Balaban J connectivity index is 1.99. The number of benzene rings is 2. The Morgan fingerprint density at radius 2 is 1.62 bits per heavy atom. The maximum absolute atomic E-state index is 13.9. The van der Waals surface area contributed by atoms with E-state index in [0.29, 0.717) is 54.9 Å². The van der Waals surface area contributed by atoms with Crippen LogP contribution in [-0.4, -0.2) is 52.7 Å². The molecule has 0 N–H and O–H groups in total. The average Bonchev–Trinajstić information content (AvgIpc) is 3.25. The number of hydrogen-bond donors (Lipinski definition) is 0. The Morgan fingerprint density at radius 1 is 0.949 bits per heavy atom. The van der Waals surface area contributed by atoms with Gasteiger partial charge < -0.3 is 28.4 Å². The van der Waals surface area contributed by atoms with Crippen LogP contribution in [0.15, 0.2) is 51.4 Å². The van der Waals surface area contributed by atoms with Crippen molar-refractivity contribution < 1.29 is 33.2 Å². The summed E-state index contributed by atoms with van der Waals surface area (Å²) in [5.41, 5.74) is 1.66. The van der Waals surface area contributed by atoms with Gasteiger partial charge in [-0.15, -0.1) is 0 Å². The first-order valence-corrected chi connectivity index (χ1v) is 12.9. The number of ether oxygens (including phenoxy) is 6. The van der Waals surface area contributed by atoms with Crippen molar-refractivity contribution in [3.63, 3.8) is 0 Å². The molecule has 0 saturated heterocycles. The molecule has 0 spiro atoms. The van der Waals surface area contributed by atoms with Crippen LogP contribution in [0.3, 0.4) is 0 Å². The molecule has 206 valence electrons. The summed E-state index contributed by atoms with van der Waals surface area (Å²) in [5, 5.41) is 0. The van der Waals surface area contributed by atoms with Gasteiger partial charge in [0.25, 0.3) is 5.56 Å². The molecule has 3 aromatic rings. The summed E-state index contributed by atoms with van der Waals surface area (Å²) in [6.45, 7) is 3.64. The first kappa shape index (κ1) is 27.8. The minimum atomic E-state index is -0.797. The molecule has 0 saturated carbocycles. The fourth-order valence-corrected chi connectivity index (χ4v) is 5.55. The molecule has 0 unspecified atom stereocenters. The molecule has 11 heteroatoms. The molecule has 4 rings (SSSR count). The lowest BCUT2D eigenvalue weighted by atomic mass is 9.95. The summed E-state index contributed by atoms with van der Waals surface area (Å²) >= 11 is 1.20. The zero-order valence-electron chi connectivity index (χ0n) is 22.8. The van der Waals surface area contributed by atoms with E-state index in [0.717, 1.165) is 0 Å². The highest BCUT2D eigenvalue weighted by molar-refractivity contribution is 7.07. The number of aromatic nitrogens is 1. The van der Waals surface area contributed by atoms with Gasteiger partial charge in [-0.25, -0.2) is 9.79 Å². The second-order valence-electron chi connectivity index (χ2n) is 8.34. The van der Waals surface area contributed by atoms with E-state index in [1.165, 1.54) is 51.5 Å². The normalized spacial score (nSPS) is 14.8. The van der Waals surface area contributed by atoms with E-state index >= 15 is 0 Å². The minimum Gasteiger partial charge on any atom is -0.493 e. The van der Waals surface area contributed by atoms with Gasteiger partial charge in [0.2, 0.25) is 5.75 Å². The molecule has 2 aromatic carbocycles. The van der Waals surface area contributed by atoms with E-state index < -0.39 is 12.0 Å². The summed E-state index contributed by atoms with van der Waals surface area (Å²) in [4.78, 5) is 32.1. The molecule has 1 aliphatic heterocycles. The van der Waals surface area contributed by atoms with Crippen LogP contribution in [0.4, 0.5) is 0 Å². The lowest BCUT2D eigenvalue weighted by Gasteiger charge is -2.25. The van der Waals surface area contributed by atoms with Crippen molar-refractivity contribution in [3.8, 4) is 28.7 Å². The predicted octanol–water partition coefficient (Wildman–Crippen LogP) is 2.84. The molecule has 10 nitrogen and oxygen atoms in total. The Bertz CT molecular complexity index is 1620. The fraction of sp³-hybridized carbons (Fsp3) is 0.321. The van der Waals surface area contributed by atoms with Gasteiger partial charge in [-0.3, -0.25) is 9.36 Å². The third kappa shape index (κ3) is 4.97. The molecule has 0 radical (unpaired) electrons. The molecular weight excluding hydrogens is 524 g/mol. The lowest BCUT2D eigenvalue weighted by Crippen LogP contribution is -2.40. The fourth-order valence-electron chi connectivity index (χ4n) is 4.51. The van der Waals surface area contributed by atoms with Crippen molar-refractivity contribution in [1.82, 2.24) is 4.57 Å². The number of carbonyl (C=O) groups is 1. The number of esters is 1. The molecule has 0 fully saturated rings. The SMILES string of the molecule is CCOC(=O)C1=C(C)N=c2s/c(=C/c3ccc(OC)c(OC)c3OC)c(=O)n2[C@H]1c1ccc(OC)c(OC)c1. The molecule has 2 heterocycles. The first-order chi connectivity index (χ1) is 18.8. The van der Waals surface area contributed by atoms with Crippen molar-refractivity contribution >= 4 is 23.4 Å². The van der Waals surface area contributed by atoms with Gasteiger partial charge in [0.1, 0.15) is 0 Å². The van der Waals surface area contributed by atoms with Crippen molar-refractivity contribution in [2.75, 3.05) is 42.2 Å². The Kier molecular flexibility index (Phi) is 8.29. The number of nitrogens with zero attached hydrogens (tertiary/aromatic N) is 2. The van der Waals surface area contributed by atoms with Gasteiger partial charge in [-0.2, -0.15) is 0 Å². The second-order valence-corrected chi connectivity index (χ2v) is 9.35. The number of fused-ring (bicyclic) bond motifs is 1. The van der Waals surface area contributed by atoms with E-state index in [4.69, 9.17) is 28.4 Å². The van der Waals surface area contributed by atoms with Crippen LogP contribution in [0.1, 0.15) is 31.0 Å². The van der Waals surface area contributed by atoms with Gasteiger partial charge >= 0.3 is 5.97 Å². The van der Waals surface area contributed by atoms with Crippen LogP contribution in [0.25, 0.3) is 6.08 Å². The van der Waals surface area contributed by atoms with Crippen LogP contribution in [0.5, 0.6) is 28.7 Å². The van der Waals surface area contributed by atoms with Gasteiger partial charge in [-0.1, -0.05) is 17.4 Å². The van der Waals surface area contributed by atoms with E-state index in [1.54, 1.807) is 50.3 Å². The molecule has 39 heavy (non-hydrogen) atoms. The first-order valence-electron chi connectivity index (χ1n) is 12.0. The highest BCUT2D eigenvalue weighted by atomic mass is 32.1. The van der Waals surface area contributed by atoms with Crippen LogP contribution >= 0.6 is 11.3 Å². The minimum absolute atomic E-state index is 0.178. The number of allylic oxidation sites excluding steroid dienone is 1. The van der Waals surface area contributed by atoms with Crippen molar-refractivity contribution in [2.24, 2.45) is 4.99 Å². The van der Waals surface area contributed by atoms with E-state index in [1.807, 2.05) is 0 Å². The Hall–Kier alpha value is -4.25.